The van der Waals surface area contributed by atoms with E-state index < -0.39 is 40.5 Å². The van der Waals surface area contributed by atoms with Gasteiger partial charge in [-0.2, -0.15) is 13.5 Å². The first-order valence-electron chi connectivity index (χ1n) is 6.69. The van der Waals surface area contributed by atoms with Crippen molar-refractivity contribution in [3.8, 4) is 0 Å². The van der Waals surface area contributed by atoms with Crippen LogP contribution in [0.4, 0.5) is 9.59 Å². The number of piperidine rings is 1. The van der Waals surface area contributed by atoms with Crippen molar-refractivity contribution in [3.63, 3.8) is 0 Å². The normalized spacial score (nSPS) is 23.8. The zero-order chi connectivity index (χ0) is 17.2. The number of aliphatic hydroxyl groups is 1. The zero-order valence-electron chi connectivity index (χ0n) is 11.8. The lowest BCUT2D eigenvalue weighted by atomic mass is 10.0. The van der Waals surface area contributed by atoms with E-state index in [1.807, 2.05) is 5.32 Å². The minimum atomic E-state index is -4.86. The van der Waals surface area contributed by atoms with Gasteiger partial charge in [-0.15, -0.1) is 4.28 Å². The highest BCUT2D eigenvalue weighted by molar-refractivity contribution is 7.80. The molecule has 2 aliphatic rings. The smallest absolute Gasteiger partial charge is 0.395 e. The lowest BCUT2D eigenvalue weighted by molar-refractivity contribution is -0.124. The summed E-state index contributed by atoms with van der Waals surface area (Å²) in [6, 6.07) is -3.28. The second-order valence-corrected chi connectivity index (χ2v) is 5.98. The van der Waals surface area contributed by atoms with E-state index in [2.05, 4.69) is 9.60 Å². The summed E-state index contributed by atoms with van der Waals surface area (Å²) in [5.41, 5.74) is 0. The molecule has 4 N–H and O–H groups in total. The van der Waals surface area contributed by atoms with Crippen molar-refractivity contribution in [2.75, 3.05) is 19.7 Å². The fourth-order valence-electron chi connectivity index (χ4n) is 2.51. The molecule has 2 saturated heterocycles. The number of hydrogen-bond donors (Lipinski definition) is 4. The molecule has 13 heteroatoms. The highest BCUT2D eigenvalue weighted by Crippen LogP contribution is 2.30. The molecule has 2 bridgehead atoms. The van der Waals surface area contributed by atoms with Gasteiger partial charge in [-0.05, 0) is 12.8 Å². The molecule has 2 heterocycles. The maximum atomic E-state index is 12.1. The molecule has 0 unspecified atom stereocenters. The molecule has 2 fully saturated rings. The maximum absolute atomic E-state index is 12.1. The molecule has 2 atom stereocenters. The van der Waals surface area contributed by atoms with Crippen LogP contribution in [0.1, 0.15) is 12.8 Å². The lowest BCUT2D eigenvalue weighted by Crippen LogP contribution is -2.53. The fraction of sp³-hybridized carbons (Fsp3) is 0.700. The average Bonchev–Trinajstić information content (AvgIpc) is 2.68. The Morgan fingerprint density at radius 1 is 1.35 bits per heavy atom. The van der Waals surface area contributed by atoms with Gasteiger partial charge in [-0.25, -0.2) is 9.59 Å². The average molecular weight is 352 g/mol. The molecule has 0 spiro atoms. The first kappa shape index (κ1) is 17.4. The molecular weight excluding hydrogens is 336 g/mol. The van der Waals surface area contributed by atoms with Gasteiger partial charge in [-0.1, -0.05) is 0 Å². The monoisotopic (exact) mass is 352 g/mol. The standard InChI is InChI=1S/C10H16N4O8S/c15-4-3-11-9(17)12-8(16)7-2-1-6-5-13(7)10(18)14(6)22-23(19,20)21/h6-7,15H,1-5H2,(H,19,20,21)(H2,11,12,16,17)/t6-,7+/m1/s1. The number of rotatable bonds is 5. The zero-order valence-corrected chi connectivity index (χ0v) is 12.7. The van der Waals surface area contributed by atoms with E-state index >= 15 is 0 Å². The van der Waals surface area contributed by atoms with Crippen LogP contribution in [0, 0.1) is 0 Å². The van der Waals surface area contributed by atoms with Gasteiger partial charge < -0.3 is 15.3 Å². The number of nitrogens with one attached hydrogen (secondary N) is 2. The topological polar surface area (TPSA) is 166 Å². The summed E-state index contributed by atoms with van der Waals surface area (Å²) in [7, 11) is -4.86. The van der Waals surface area contributed by atoms with Crippen molar-refractivity contribution in [3.05, 3.63) is 0 Å². The van der Waals surface area contributed by atoms with Crippen LogP contribution in [-0.2, 0) is 19.5 Å². The Morgan fingerprint density at radius 3 is 2.65 bits per heavy atom. The third-order valence-corrected chi connectivity index (χ3v) is 3.78. The Hall–Kier alpha value is -1.96. The first-order chi connectivity index (χ1) is 10.7. The van der Waals surface area contributed by atoms with Crippen molar-refractivity contribution in [1.82, 2.24) is 20.6 Å². The van der Waals surface area contributed by atoms with Gasteiger partial charge in [-0.3, -0.25) is 14.7 Å². The van der Waals surface area contributed by atoms with Gasteiger partial charge in [0.05, 0.1) is 12.6 Å². The molecule has 0 radical (unpaired) electrons. The van der Waals surface area contributed by atoms with E-state index in [0.29, 0.717) is 5.06 Å². The van der Waals surface area contributed by atoms with E-state index in [-0.39, 0.29) is 32.5 Å². The van der Waals surface area contributed by atoms with Crippen molar-refractivity contribution in [1.29, 1.82) is 0 Å². The number of urea groups is 2. The summed E-state index contributed by atoms with van der Waals surface area (Å²) in [5, 5.41) is 13.3. The van der Waals surface area contributed by atoms with Gasteiger partial charge in [0.2, 0.25) is 0 Å². The summed E-state index contributed by atoms with van der Waals surface area (Å²) in [6.45, 7) is -0.297. The quantitative estimate of drug-likeness (QED) is 0.405. The predicted octanol–water partition coefficient (Wildman–Crippen LogP) is -2.19. The molecule has 2 aliphatic heterocycles. The summed E-state index contributed by atoms with van der Waals surface area (Å²) < 4.78 is 34.4. The van der Waals surface area contributed by atoms with Crippen LogP contribution in [0.15, 0.2) is 0 Å². The largest absolute Gasteiger partial charge is 0.418 e. The number of hydroxylamine groups is 2. The Kier molecular flexibility index (Phi) is 5.03. The molecular formula is C10H16N4O8S. The number of carbonyl (C=O) groups is 3. The van der Waals surface area contributed by atoms with Crippen molar-refractivity contribution in [2.24, 2.45) is 0 Å². The van der Waals surface area contributed by atoms with Crippen LogP contribution in [0.25, 0.3) is 0 Å². The van der Waals surface area contributed by atoms with E-state index in [1.165, 1.54) is 0 Å². The molecule has 0 saturated carbocycles. The fourth-order valence-corrected chi connectivity index (χ4v) is 2.90. The SMILES string of the molecule is O=C(NCCO)NC(=O)[C@@H]1CC[C@@H]2CN1C(=O)N2OS(=O)(=O)O. The Morgan fingerprint density at radius 2 is 2.04 bits per heavy atom. The molecule has 0 aromatic rings. The Bertz CT molecular complexity index is 608. The molecule has 2 rings (SSSR count). The minimum Gasteiger partial charge on any atom is -0.395 e. The van der Waals surface area contributed by atoms with Crippen molar-refractivity contribution >= 4 is 28.4 Å². The van der Waals surface area contributed by atoms with Gasteiger partial charge >= 0.3 is 22.5 Å². The maximum Gasteiger partial charge on any atom is 0.418 e. The third-order valence-electron chi connectivity index (χ3n) is 3.43. The predicted molar refractivity (Wildman–Crippen MR) is 72.0 cm³/mol. The van der Waals surface area contributed by atoms with Crippen LogP contribution >= 0.6 is 0 Å². The number of hydrogen-bond acceptors (Lipinski definition) is 7. The number of amides is 5. The Labute approximate surface area is 131 Å². The van der Waals surface area contributed by atoms with Gasteiger partial charge in [0, 0.05) is 13.1 Å². The van der Waals surface area contributed by atoms with Crippen LogP contribution in [-0.4, -0.2) is 77.8 Å². The number of imide groups is 1. The molecule has 0 aromatic heterocycles. The first-order valence-corrected chi connectivity index (χ1v) is 8.06. The Balaban J connectivity index is 2.01. The van der Waals surface area contributed by atoms with Crippen LogP contribution in [0.5, 0.6) is 0 Å². The van der Waals surface area contributed by atoms with Crippen LogP contribution in [0.3, 0.4) is 0 Å². The summed E-state index contributed by atoms with van der Waals surface area (Å²) in [5.74, 6) is -0.735. The summed E-state index contributed by atoms with van der Waals surface area (Å²) in [4.78, 5) is 36.6. The van der Waals surface area contributed by atoms with E-state index in [9.17, 15) is 22.8 Å². The number of aliphatic hydroxyl groups excluding tert-OH is 1. The van der Waals surface area contributed by atoms with E-state index in [0.717, 1.165) is 4.90 Å². The van der Waals surface area contributed by atoms with Crippen LogP contribution in [0.2, 0.25) is 0 Å². The molecule has 0 aromatic carbocycles. The summed E-state index contributed by atoms with van der Waals surface area (Å²) >= 11 is 0. The van der Waals surface area contributed by atoms with Gasteiger partial charge in [0.15, 0.2) is 0 Å². The number of nitrogens with zero attached hydrogens (tertiary/aromatic N) is 2. The second kappa shape index (κ2) is 6.66. The number of fused-ring (bicyclic) bond motifs is 2. The third kappa shape index (κ3) is 4.07. The molecule has 23 heavy (non-hydrogen) atoms. The highest BCUT2D eigenvalue weighted by atomic mass is 32.3. The molecule has 5 amide bonds. The van der Waals surface area contributed by atoms with E-state index in [4.69, 9.17) is 9.66 Å². The molecule has 130 valence electrons. The molecule has 12 nitrogen and oxygen atoms in total. The minimum absolute atomic E-state index is 0.0324. The number of carbonyl (C=O) groups excluding carboxylic acids is 3. The van der Waals surface area contributed by atoms with E-state index in [1.54, 1.807) is 0 Å². The summed E-state index contributed by atoms with van der Waals surface area (Å²) in [6.07, 6.45) is 0.453. The van der Waals surface area contributed by atoms with Gasteiger partial charge in [0.25, 0.3) is 5.91 Å². The van der Waals surface area contributed by atoms with Gasteiger partial charge in [0.1, 0.15) is 6.04 Å². The lowest BCUT2D eigenvalue weighted by Gasteiger charge is -2.28. The van der Waals surface area contributed by atoms with Crippen molar-refractivity contribution in [2.45, 2.75) is 24.9 Å². The second-order valence-electron chi connectivity index (χ2n) is 4.98. The molecule has 0 aliphatic carbocycles. The van der Waals surface area contributed by atoms with Crippen molar-refractivity contribution < 1.29 is 36.7 Å². The highest BCUT2D eigenvalue weighted by Gasteiger charge is 2.49. The van der Waals surface area contributed by atoms with Crippen LogP contribution < -0.4 is 10.6 Å².